The first-order valence-corrected chi connectivity index (χ1v) is 5.37. The predicted molar refractivity (Wildman–Crippen MR) is 60.4 cm³/mol. The molecule has 0 spiro atoms. The van der Waals surface area contributed by atoms with E-state index in [2.05, 4.69) is 26.4 Å². The summed E-state index contributed by atoms with van der Waals surface area (Å²) in [4.78, 5) is 15.3. The topological polar surface area (TPSA) is 70.7 Å². The molecule has 0 saturated carbocycles. The van der Waals surface area contributed by atoms with Crippen molar-refractivity contribution in [3.63, 3.8) is 0 Å². The van der Waals surface area contributed by atoms with E-state index in [-0.39, 0.29) is 5.91 Å². The highest BCUT2D eigenvalue weighted by molar-refractivity contribution is 5.75. The van der Waals surface area contributed by atoms with Crippen LogP contribution in [0.15, 0.2) is 6.33 Å². The Kier molecular flexibility index (Phi) is 5.71. The molecule has 0 saturated heterocycles. The maximum absolute atomic E-state index is 11.3. The van der Waals surface area contributed by atoms with Crippen LogP contribution < -0.4 is 5.32 Å². The predicted octanol–water partition coefficient (Wildman–Crippen LogP) is 0.657. The van der Waals surface area contributed by atoms with Gasteiger partial charge in [-0.05, 0) is 12.8 Å². The molecule has 0 aliphatic rings. The number of terminal acetylenes is 1. The number of aromatic amines is 1. The number of H-pyrrole nitrogens is 1. The van der Waals surface area contributed by atoms with E-state index in [0.29, 0.717) is 19.4 Å². The minimum Gasteiger partial charge on any atom is -0.356 e. The molecule has 0 radical (unpaired) electrons. The molecule has 0 fully saturated rings. The highest BCUT2D eigenvalue weighted by atomic mass is 16.1. The standard InChI is InChI=1S/C11H16N4O/c1-2-3-4-5-6-11(16)12-8-7-10-13-9-14-15-10/h1,9H,3-8H2,(H,12,16)(H,13,14,15). The third-order valence-electron chi connectivity index (χ3n) is 2.12. The monoisotopic (exact) mass is 220 g/mol. The first kappa shape index (κ1) is 12.2. The number of unbranched alkanes of at least 4 members (excludes halogenated alkanes) is 2. The van der Waals surface area contributed by atoms with Crippen LogP contribution >= 0.6 is 0 Å². The van der Waals surface area contributed by atoms with Gasteiger partial charge in [0.25, 0.3) is 0 Å². The Morgan fingerprint density at radius 3 is 3.12 bits per heavy atom. The van der Waals surface area contributed by atoms with Gasteiger partial charge in [0, 0.05) is 25.8 Å². The molecular weight excluding hydrogens is 204 g/mol. The van der Waals surface area contributed by atoms with Crippen LogP contribution in [0.3, 0.4) is 0 Å². The minimum atomic E-state index is 0.0662. The van der Waals surface area contributed by atoms with Gasteiger partial charge in [0.1, 0.15) is 12.2 Å². The van der Waals surface area contributed by atoms with Gasteiger partial charge >= 0.3 is 0 Å². The zero-order chi connectivity index (χ0) is 11.6. The number of aromatic nitrogens is 3. The Balaban J connectivity index is 2.00. The van der Waals surface area contributed by atoms with Crippen molar-refractivity contribution in [2.45, 2.75) is 32.1 Å². The molecule has 16 heavy (non-hydrogen) atoms. The number of carbonyl (C=O) groups is 1. The average molecular weight is 220 g/mol. The molecule has 0 aliphatic carbocycles. The Labute approximate surface area is 95.0 Å². The molecule has 0 aliphatic heterocycles. The van der Waals surface area contributed by atoms with Gasteiger partial charge in [-0.1, -0.05) is 0 Å². The van der Waals surface area contributed by atoms with E-state index in [1.165, 1.54) is 6.33 Å². The van der Waals surface area contributed by atoms with Crippen LogP contribution in [-0.2, 0) is 11.2 Å². The summed E-state index contributed by atoms with van der Waals surface area (Å²) in [6.45, 7) is 0.586. The zero-order valence-corrected chi connectivity index (χ0v) is 9.20. The third kappa shape index (κ3) is 5.15. The second kappa shape index (κ2) is 7.46. The van der Waals surface area contributed by atoms with Crippen molar-refractivity contribution in [1.29, 1.82) is 0 Å². The smallest absolute Gasteiger partial charge is 0.220 e. The van der Waals surface area contributed by atoms with Gasteiger partial charge in [-0.15, -0.1) is 12.3 Å². The SMILES string of the molecule is C#CCCCCC(=O)NCCc1ncn[nH]1. The Morgan fingerprint density at radius 1 is 1.56 bits per heavy atom. The van der Waals surface area contributed by atoms with Crippen LogP contribution in [0, 0.1) is 12.3 Å². The molecule has 5 nitrogen and oxygen atoms in total. The van der Waals surface area contributed by atoms with Gasteiger partial charge in [-0.3, -0.25) is 9.89 Å². The van der Waals surface area contributed by atoms with Gasteiger partial charge < -0.3 is 5.32 Å². The van der Waals surface area contributed by atoms with Gasteiger partial charge in [-0.2, -0.15) is 5.10 Å². The summed E-state index contributed by atoms with van der Waals surface area (Å²) in [6, 6.07) is 0. The maximum atomic E-state index is 11.3. The highest BCUT2D eigenvalue weighted by Gasteiger charge is 2.01. The van der Waals surface area contributed by atoms with E-state index in [0.717, 1.165) is 25.1 Å². The zero-order valence-electron chi connectivity index (χ0n) is 9.20. The molecule has 0 unspecified atom stereocenters. The van der Waals surface area contributed by atoms with Gasteiger partial charge in [0.15, 0.2) is 0 Å². The van der Waals surface area contributed by atoms with E-state index in [1.807, 2.05) is 0 Å². The number of nitrogens with one attached hydrogen (secondary N) is 2. The fraction of sp³-hybridized carbons (Fsp3) is 0.545. The quantitative estimate of drug-likeness (QED) is 0.523. The Bertz CT molecular complexity index is 339. The summed E-state index contributed by atoms with van der Waals surface area (Å²) in [5.41, 5.74) is 0. The molecule has 5 heteroatoms. The van der Waals surface area contributed by atoms with Crippen LogP contribution in [0.4, 0.5) is 0 Å². The summed E-state index contributed by atoms with van der Waals surface area (Å²) >= 11 is 0. The average Bonchev–Trinajstić information content (AvgIpc) is 2.77. The lowest BCUT2D eigenvalue weighted by atomic mass is 10.2. The van der Waals surface area contributed by atoms with E-state index < -0.39 is 0 Å². The van der Waals surface area contributed by atoms with E-state index in [1.54, 1.807) is 0 Å². The number of carbonyl (C=O) groups excluding carboxylic acids is 1. The minimum absolute atomic E-state index is 0.0662. The number of hydrogen-bond donors (Lipinski definition) is 2. The molecule has 1 heterocycles. The van der Waals surface area contributed by atoms with Crippen molar-refractivity contribution in [2.24, 2.45) is 0 Å². The fourth-order valence-corrected chi connectivity index (χ4v) is 1.27. The van der Waals surface area contributed by atoms with Crippen LogP contribution in [-0.4, -0.2) is 27.6 Å². The number of amides is 1. The normalized spacial score (nSPS) is 9.69. The Morgan fingerprint density at radius 2 is 2.44 bits per heavy atom. The van der Waals surface area contributed by atoms with Crippen LogP contribution in [0.5, 0.6) is 0 Å². The molecule has 0 atom stereocenters. The largest absolute Gasteiger partial charge is 0.356 e. The van der Waals surface area contributed by atoms with Crippen LogP contribution in [0.1, 0.15) is 31.5 Å². The number of nitrogens with zero attached hydrogens (tertiary/aromatic N) is 2. The highest BCUT2D eigenvalue weighted by Crippen LogP contribution is 1.98. The second-order valence-electron chi connectivity index (χ2n) is 3.44. The molecule has 1 rings (SSSR count). The molecule has 86 valence electrons. The maximum Gasteiger partial charge on any atom is 0.220 e. The van der Waals surface area contributed by atoms with E-state index >= 15 is 0 Å². The summed E-state index contributed by atoms with van der Waals surface area (Å²) in [5.74, 6) is 3.40. The lowest BCUT2D eigenvalue weighted by molar-refractivity contribution is -0.121. The van der Waals surface area contributed by atoms with E-state index in [9.17, 15) is 4.79 Å². The first-order valence-electron chi connectivity index (χ1n) is 5.37. The first-order chi connectivity index (χ1) is 7.83. The number of hydrogen-bond acceptors (Lipinski definition) is 3. The second-order valence-corrected chi connectivity index (χ2v) is 3.44. The summed E-state index contributed by atoms with van der Waals surface area (Å²) in [7, 11) is 0. The summed E-state index contributed by atoms with van der Waals surface area (Å²) in [5, 5.41) is 9.28. The molecule has 2 N–H and O–H groups in total. The molecule has 1 aromatic heterocycles. The van der Waals surface area contributed by atoms with Crippen molar-refractivity contribution in [3.05, 3.63) is 12.2 Å². The fourth-order valence-electron chi connectivity index (χ4n) is 1.27. The third-order valence-corrected chi connectivity index (χ3v) is 2.12. The van der Waals surface area contributed by atoms with Crippen LogP contribution in [0.2, 0.25) is 0 Å². The number of rotatable bonds is 7. The van der Waals surface area contributed by atoms with Gasteiger partial charge in [-0.25, -0.2) is 4.98 Å². The summed E-state index contributed by atoms with van der Waals surface area (Å²) < 4.78 is 0. The van der Waals surface area contributed by atoms with Gasteiger partial charge in [0.05, 0.1) is 0 Å². The van der Waals surface area contributed by atoms with Gasteiger partial charge in [0.2, 0.25) is 5.91 Å². The lowest BCUT2D eigenvalue weighted by Crippen LogP contribution is -2.25. The molecule has 1 amide bonds. The van der Waals surface area contributed by atoms with Crippen molar-refractivity contribution >= 4 is 5.91 Å². The molecular formula is C11H16N4O. The molecule has 1 aromatic rings. The lowest BCUT2D eigenvalue weighted by Gasteiger charge is -2.02. The van der Waals surface area contributed by atoms with E-state index in [4.69, 9.17) is 6.42 Å². The van der Waals surface area contributed by atoms with Crippen molar-refractivity contribution in [3.8, 4) is 12.3 Å². The Hall–Kier alpha value is -1.83. The van der Waals surface area contributed by atoms with Crippen molar-refractivity contribution in [1.82, 2.24) is 20.5 Å². The molecule has 0 aromatic carbocycles. The molecule has 0 bridgehead atoms. The van der Waals surface area contributed by atoms with Crippen LogP contribution in [0.25, 0.3) is 0 Å². The van der Waals surface area contributed by atoms with Crippen molar-refractivity contribution < 1.29 is 4.79 Å². The summed E-state index contributed by atoms with van der Waals surface area (Å²) in [6.07, 6.45) is 10.3. The van der Waals surface area contributed by atoms with Crippen molar-refractivity contribution in [2.75, 3.05) is 6.54 Å².